The number of benzene rings is 1. The zero-order valence-corrected chi connectivity index (χ0v) is 15.5. The summed E-state index contributed by atoms with van der Waals surface area (Å²) in [5.41, 5.74) is 2.29. The number of hydrogen-bond acceptors (Lipinski definition) is 6. The van der Waals surface area contributed by atoms with E-state index in [9.17, 15) is 0 Å². The molecule has 0 saturated heterocycles. The molecule has 1 aliphatic rings. The van der Waals surface area contributed by atoms with Crippen LogP contribution >= 0.6 is 11.3 Å². The van der Waals surface area contributed by atoms with Gasteiger partial charge in [-0.05, 0) is 50.3 Å². The van der Waals surface area contributed by atoms with Crippen LogP contribution < -0.4 is 14.8 Å². The van der Waals surface area contributed by atoms with Gasteiger partial charge in [0.25, 0.3) is 0 Å². The van der Waals surface area contributed by atoms with Crippen LogP contribution in [0.4, 0.5) is 11.5 Å². The van der Waals surface area contributed by atoms with Crippen molar-refractivity contribution in [2.24, 2.45) is 0 Å². The molecular weight excluding hydrogens is 334 g/mol. The Morgan fingerprint density at radius 3 is 2.72 bits per heavy atom. The van der Waals surface area contributed by atoms with E-state index in [1.807, 2.05) is 36.5 Å². The largest absolute Gasteiger partial charge is 0.497 e. The van der Waals surface area contributed by atoms with Gasteiger partial charge in [-0.3, -0.25) is 0 Å². The van der Waals surface area contributed by atoms with Crippen LogP contribution in [0.1, 0.15) is 29.1 Å². The lowest BCUT2D eigenvalue weighted by Gasteiger charge is -2.15. The van der Waals surface area contributed by atoms with Crippen molar-refractivity contribution in [3.63, 3.8) is 0 Å². The zero-order chi connectivity index (χ0) is 17.4. The van der Waals surface area contributed by atoms with Crippen LogP contribution in [0.15, 0.2) is 18.2 Å². The van der Waals surface area contributed by atoms with Crippen LogP contribution in [0.5, 0.6) is 11.5 Å². The number of rotatable bonds is 4. The highest BCUT2D eigenvalue weighted by molar-refractivity contribution is 7.19. The number of aryl methyl sites for hydroxylation is 3. The SMILES string of the molecule is COc1ccc(Nc2nc(C)nc3sc4c(c23)CCCC4)c(OC)c1. The van der Waals surface area contributed by atoms with Gasteiger partial charge >= 0.3 is 0 Å². The molecule has 0 amide bonds. The van der Waals surface area contributed by atoms with Crippen molar-refractivity contribution in [2.45, 2.75) is 32.6 Å². The number of hydrogen-bond donors (Lipinski definition) is 1. The Balaban J connectivity index is 1.83. The first-order chi connectivity index (χ1) is 12.2. The smallest absolute Gasteiger partial charge is 0.146 e. The second-order valence-corrected chi connectivity index (χ2v) is 7.29. The lowest BCUT2D eigenvalue weighted by Crippen LogP contribution is -2.03. The van der Waals surface area contributed by atoms with Crippen molar-refractivity contribution >= 4 is 33.1 Å². The summed E-state index contributed by atoms with van der Waals surface area (Å²) in [6, 6.07) is 5.75. The summed E-state index contributed by atoms with van der Waals surface area (Å²) in [5, 5.41) is 4.64. The average Bonchev–Trinajstić information content (AvgIpc) is 3.00. The van der Waals surface area contributed by atoms with Gasteiger partial charge in [0.2, 0.25) is 0 Å². The molecule has 4 rings (SSSR count). The van der Waals surface area contributed by atoms with E-state index in [-0.39, 0.29) is 0 Å². The normalized spacial score (nSPS) is 13.6. The third-order valence-electron chi connectivity index (χ3n) is 4.59. The first-order valence-corrected chi connectivity index (χ1v) is 9.29. The van der Waals surface area contributed by atoms with Gasteiger partial charge in [-0.2, -0.15) is 0 Å². The highest BCUT2D eigenvalue weighted by atomic mass is 32.1. The van der Waals surface area contributed by atoms with Crippen LogP contribution in [0.3, 0.4) is 0 Å². The number of thiophene rings is 1. The minimum atomic E-state index is 0.730. The molecule has 1 aliphatic carbocycles. The number of fused-ring (bicyclic) bond motifs is 3. The highest BCUT2D eigenvalue weighted by Gasteiger charge is 2.21. The molecule has 0 fully saturated rings. The molecule has 0 aliphatic heterocycles. The third kappa shape index (κ3) is 2.91. The van der Waals surface area contributed by atoms with E-state index >= 15 is 0 Å². The Labute approximate surface area is 151 Å². The maximum Gasteiger partial charge on any atom is 0.146 e. The van der Waals surface area contributed by atoms with E-state index in [0.717, 1.165) is 46.5 Å². The number of nitrogens with one attached hydrogen (secondary N) is 1. The van der Waals surface area contributed by atoms with Gasteiger partial charge in [-0.1, -0.05) is 0 Å². The van der Waals surface area contributed by atoms with Crippen LogP contribution in [-0.2, 0) is 12.8 Å². The monoisotopic (exact) mass is 355 g/mol. The molecule has 5 nitrogen and oxygen atoms in total. The predicted molar refractivity (Wildman–Crippen MR) is 102 cm³/mol. The summed E-state index contributed by atoms with van der Waals surface area (Å²) in [7, 11) is 3.31. The molecule has 6 heteroatoms. The molecule has 25 heavy (non-hydrogen) atoms. The minimum Gasteiger partial charge on any atom is -0.497 e. The molecule has 3 aromatic rings. The van der Waals surface area contributed by atoms with Crippen LogP contribution in [0, 0.1) is 6.92 Å². The summed E-state index contributed by atoms with van der Waals surface area (Å²) in [6.45, 7) is 1.94. The molecule has 0 saturated carbocycles. The Morgan fingerprint density at radius 1 is 1.08 bits per heavy atom. The van der Waals surface area contributed by atoms with Gasteiger partial charge in [-0.15, -0.1) is 11.3 Å². The average molecular weight is 355 g/mol. The van der Waals surface area contributed by atoms with Crippen molar-refractivity contribution in [1.29, 1.82) is 0 Å². The molecule has 0 bridgehead atoms. The number of methoxy groups -OCH3 is 2. The van der Waals surface area contributed by atoms with E-state index in [1.54, 1.807) is 14.2 Å². The van der Waals surface area contributed by atoms with Gasteiger partial charge in [0.15, 0.2) is 0 Å². The van der Waals surface area contributed by atoms with E-state index < -0.39 is 0 Å². The lowest BCUT2D eigenvalue weighted by atomic mass is 9.97. The van der Waals surface area contributed by atoms with Gasteiger partial charge in [0.1, 0.15) is 28.0 Å². The maximum atomic E-state index is 5.51. The maximum absolute atomic E-state index is 5.51. The predicted octanol–water partition coefficient (Wildman–Crippen LogP) is 4.64. The number of ether oxygens (including phenoxy) is 2. The fourth-order valence-electron chi connectivity index (χ4n) is 3.38. The van der Waals surface area contributed by atoms with Gasteiger partial charge in [-0.25, -0.2) is 9.97 Å². The van der Waals surface area contributed by atoms with Crippen molar-refractivity contribution < 1.29 is 9.47 Å². The quantitative estimate of drug-likeness (QED) is 0.739. The molecule has 130 valence electrons. The van der Waals surface area contributed by atoms with Crippen molar-refractivity contribution in [2.75, 3.05) is 19.5 Å². The van der Waals surface area contributed by atoms with Gasteiger partial charge in [0, 0.05) is 10.9 Å². The molecule has 1 N–H and O–H groups in total. The molecule has 0 unspecified atom stereocenters. The Bertz CT molecular complexity index is 936. The second kappa shape index (κ2) is 6.52. The van der Waals surface area contributed by atoms with E-state index in [1.165, 1.54) is 28.7 Å². The first kappa shape index (κ1) is 16.1. The second-order valence-electron chi connectivity index (χ2n) is 6.20. The molecule has 1 aromatic carbocycles. The Morgan fingerprint density at radius 2 is 1.92 bits per heavy atom. The summed E-state index contributed by atoms with van der Waals surface area (Å²) < 4.78 is 10.8. The molecule has 2 heterocycles. The first-order valence-electron chi connectivity index (χ1n) is 8.47. The highest BCUT2D eigenvalue weighted by Crippen LogP contribution is 2.40. The van der Waals surface area contributed by atoms with Crippen molar-refractivity contribution in [3.8, 4) is 11.5 Å². The van der Waals surface area contributed by atoms with Crippen LogP contribution in [0.2, 0.25) is 0 Å². The number of anilines is 2. The molecule has 0 atom stereocenters. The van der Waals surface area contributed by atoms with E-state index in [4.69, 9.17) is 14.5 Å². The minimum absolute atomic E-state index is 0.730. The fraction of sp³-hybridized carbons (Fsp3) is 0.368. The van der Waals surface area contributed by atoms with E-state index in [2.05, 4.69) is 10.3 Å². The molecule has 2 aromatic heterocycles. The van der Waals surface area contributed by atoms with Gasteiger partial charge in [0.05, 0.1) is 25.3 Å². The Hall–Kier alpha value is -2.34. The fourth-order valence-corrected chi connectivity index (χ4v) is 4.69. The summed E-state index contributed by atoms with van der Waals surface area (Å²) in [6.07, 6.45) is 4.76. The summed E-state index contributed by atoms with van der Waals surface area (Å²) in [4.78, 5) is 11.9. The number of nitrogens with zero attached hydrogens (tertiary/aromatic N) is 2. The standard InChI is InChI=1S/C19H21N3O2S/c1-11-20-18(22-14-9-8-12(23-2)10-15(14)24-3)17-13-6-4-5-7-16(13)25-19(17)21-11/h8-10H,4-7H2,1-3H3,(H,20,21,22). The zero-order valence-electron chi connectivity index (χ0n) is 14.7. The lowest BCUT2D eigenvalue weighted by molar-refractivity contribution is 0.395. The summed E-state index contributed by atoms with van der Waals surface area (Å²) in [5.74, 6) is 3.14. The van der Waals surface area contributed by atoms with E-state index in [0.29, 0.717) is 0 Å². The van der Waals surface area contributed by atoms with Crippen LogP contribution in [0.25, 0.3) is 10.2 Å². The molecule has 0 radical (unpaired) electrons. The summed E-state index contributed by atoms with van der Waals surface area (Å²) >= 11 is 1.81. The number of aromatic nitrogens is 2. The van der Waals surface area contributed by atoms with Crippen molar-refractivity contribution in [1.82, 2.24) is 9.97 Å². The van der Waals surface area contributed by atoms with Crippen molar-refractivity contribution in [3.05, 3.63) is 34.5 Å². The molecular formula is C19H21N3O2S. The third-order valence-corrected chi connectivity index (χ3v) is 5.77. The topological polar surface area (TPSA) is 56.3 Å². The van der Waals surface area contributed by atoms with Gasteiger partial charge < -0.3 is 14.8 Å². The Kier molecular flexibility index (Phi) is 4.21. The van der Waals surface area contributed by atoms with Crippen LogP contribution in [-0.4, -0.2) is 24.2 Å². The molecule has 0 spiro atoms.